The molecule has 2 saturated carbocycles. The lowest BCUT2D eigenvalue weighted by atomic mass is 9.81. The van der Waals surface area contributed by atoms with Gasteiger partial charge in [0.2, 0.25) is 0 Å². The Hall–Kier alpha value is -0.530. The summed E-state index contributed by atoms with van der Waals surface area (Å²) in [5.74, 6) is 1.46. The molecule has 0 N–H and O–H groups in total. The quantitative estimate of drug-likeness (QED) is 0.694. The normalized spacial score (nSPS) is 36.2. The van der Waals surface area contributed by atoms with Crippen LogP contribution in [0.2, 0.25) is 0 Å². The molecule has 0 amide bonds. The van der Waals surface area contributed by atoms with Crippen molar-refractivity contribution in [1.82, 2.24) is 0 Å². The molecule has 0 spiro atoms. The van der Waals surface area contributed by atoms with Crippen molar-refractivity contribution < 1.29 is 9.53 Å². The van der Waals surface area contributed by atoms with Crippen molar-refractivity contribution in [2.75, 3.05) is 0 Å². The Kier molecular flexibility index (Phi) is 3.26. The zero-order valence-electron chi connectivity index (χ0n) is 11.7. The monoisotopic (exact) mass is 238 g/mol. The number of hydrogen-bond acceptors (Lipinski definition) is 2. The first kappa shape index (κ1) is 12.9. The molecule has 0 aromatic heterocycles. The van der Waals surface area contributed by atoms with Gasteiger partial charge in [-0.15, -0.1) is 0 Å². The summed E-state index contributed by atoms with van der Waals surface area (Å²) in [4.78, 5) is 12.3. The highest BCUT2D eigenvalue weighted by atomic mass is 16.6. The van der Waals surface area contributed by atoms with E-state index in [4.69, 9.17) is 4.74 Å². The van der Waals surface area contributed by atoms with Gasteiger partial charge in [0.1, 0.15) is 5.60 Å². The maximum atomic E-state index is 12.3. The summed E-state index contributed by atoms with van der Waals surface area (Å²) in [7, 11) is 0. The molecule has 0 aliphatic heterocycles. The van der Waals surface area contributed by atoms with Crippen molar-refractivity contribution in [3.05, 3.63) is 0 Å². The fraction of sp³-hybridized carbons (Fsp3) is 0.933. The van der Waals surface area contributed by atoms with Crippen molar-refractivity contribution in [2.24, 2.45) is 17.3 Å². The second-order valence-corrected chi connectivity index (χ2v) is 6.63. The predicted octanol–water partition coefficient (Wildman–Crippen LogP) is 3.93. The molecule has 2 aliphatic carbocycles. The summed E-state index contributed by atoms with van der Waals surface area (Å²) in [5, 5.41) is 0. The fourth-order valence-electron chi connectivity index (χ4n) is 3.49. The molecule has 2 heteroatoms. The van der Waals surface area contributed by atoms with Crippen LogP contribution in [-0.2, 0) is 9.53 Å². The number of hydrogen-bond donors (Lipinski definition) is 0. The van der Waals surface area contributed by atoms with Crippen LogP contribution >= 0.6 is 0 Å². The van der Waals surface area contributed by atoms with E-state index in [0.717, 1.165) is 25.2 Å². The summed E-state index contributed by atoms with van der Waals surface area (Å²) in [6.07, 6.45) is 6.84. The number of rotatable bonds is 4. The Balaban J connectivity index is 2.09. The van der Waals surface area contributed by atoms with Gasteiger partial charge in [0.05, 0.1) is 5.41 Å². The smallest absolute Gasteiger partial charge is 0.312 e. The molecule has 2 fully saturated rings. The summed E-state index contributed by atoms with van der Waals surface area (Å²) >= 11 is 0. The Labute approximate surface area is 105 Å². The predicted molar refractivity (Wildman–Crippen MR) is 68.6 cm³/mol. The summed E-state index contributed by atoms with van der Waals surface area (Å²) < 4.78 is 6.00. The Morgan fingerprint density at radius 2 is 2.06 bits per heavy atom. The molecule has 17 heavy (non-hydrogen) atoms. The van der Waals surface area contributed by atoms with Crippen LogP contribution in [0.5, 0.6) is 0 Å². The van der Waals surface area contributed by atoms with E-state index < -0.39 is 0 Å². The minimum atomic E-state index is -0.329. The zero-order chi connectivity index (χ0) is 12.7. The standard InChI is InChI=1S/C15H26O2/c1-5-14(3,4)13(16)17-15(6-2)10-11-7-8-12(15)9-11/h11-12H,5-10H2,1-4H3/t11-,12+,15-/m1/s1. The molecule has 0 aromatic carbocycles. The van der Waals surface area contributed by atoms with Crippen molar-refractivity contribution in [1.29, 1.82) is 0 Å². The Morgan fingerprint density at radius 1 is 1.35 bits per heavy atom. The molecule has 2 aliphatic rings. The van der Waals surface area contributed by atoms with Crippen LogP contribution in [-0.4, -0.2) is 11.6 Å². The number of ether oxygens (including phenoxy) is 1. The van der Waals surface area contributed by atoms with Crippen LogP contribution in [0.25, 0.3) is 0 Å². The third kappa shape index (κ3) is 2.11. The molecule has 2 nitrogen and oxygen atoms in total. The largest absolute Gasteiger partial charge is 0.458 e. The molecule has 0 heterocycles. The van der Waals surface area contributed by atoms with Crippen LogP contribution in [0.15, 0.2) is 0 Å². The molecular formula is C15H26O2. The van der Waals surface area contributed by atoms with Gasteiger partial charge in [-0.05, 0) is 64.2 Å². The SMILES string of the molecule is CCC(C)(C)C(=O)O[C@]1(CC)C[C@@H]2CC[C@H]1C2. The summed E-state index contributed by atoms with van der Waals surface area (Å²) in [6, 6.07) is 0. The van der Waals surface area contributed by atoms with Gasteiger partial charge in [-0.25, -0.2) is 0 Å². The van der Waals surface area contributed by atoms with Crippen LogP contribution in [0.1, 0.15) is 66.2 Å². The Morgan fingerprint density at radius 3 is 2.47 bits per heavy atom. The minimum absolute atomic E-state index is 0.00870. The molecule has 98 valence electrons. The highest BCUT2D eigenvalue weighted by Gasteiger charge is 2.53. The molecule has 3 atom stereocenters. The molecule has 0 saturated heterocycles. The first-order valence-electron chi connectivity index (χ1n) is 7.17. The van der Waals surface area contributed by atoms with Crippen LogP contribution in [0, 0.1) is 17.3 Å². The average Bonchev–Trinajstić information content (AvgIpc) is 2.89. The fourth-order valence-corrected chi connectivity index (χ4v) is 3.49. The highest BCUT2D eigenvalue weighted by Crippen LogP contribution is 2.54. The number of carbonyl (C=O) groups excluding carboxylic acids is 1. The van der Waals surface area contributed by atoms with E-state index in [1.807, 2.05) is 13.8 Å². The van der Waals surface area contributed by atoms with Crippen LogP contribution in [0.4, 0.5) is 0 Å². The Bertz CT molecular complexity index is 308. The number of carbonyl (C=O) groups is 1. The van der Waals surface area contributed by atoms with Gasteiger partial charge in [0, 0.05) is 0 Å². The average molecular weight is 238 g/mol. The molecule has 2 rings (SSSR count). The molecular weight excluding hydrogens is 212 g/mol. The lowest BCUT2D eigenvalue weighted by Crippen LogP contribution is -2.43. The first-order chi connectivity index (χ1) is 7.93. The van der Waals surface area contributed by atoms with E-state index in [9.17, 15) is 4.79 Å². The lowest BCUT2D eigenvalue weighted by molar-refractivity contribution is -0.177. The van der Waals surface area contributed by atoms with E-state index >= 15 is 0 Å². The molecule has 2 bridgehead atoms. The summed E-state index contributed by atoms with van der Waals surface area (Å²) in [6.45, 7) is 8.21. The van der Waals surface area contributed by atoms with Gasteiger partial charge in [-0.2, -0.15) is 0 Å². The maximum absolute atomic E-state index is 12.3. The minimum Gasteiger partial charge on any atom is -0.458 e. The first-order valence-corrected chi connectivity index (χ1v) is 7.17. The number of esters is 1. The second-order valence-electron chi connectivity index (χ2n) is 6.63. The van der Waals surface area contributed by atoms with Gasteiger partial charge in [0.15, 0.2) is 0 Å². The third-order valence-electron chi connectivity index (χ3n) is 5.25. The molecule has 0 unspecified atom stereocenters. The second kappa shape index (κ2) is 4.29. The van der Waals surface area contributed by atoms with Crippen molar-refractivity contribution in [2.45, 2.75) is 71.8 Å². The van der Waals surface area contributed by atoms with E-state index in [-0.39, 0.29) is 17.0 Å². The van der Waals surface area contributed by atoms with Crippen molar-refractivity contribution >= 4 is 5.97 Å². The lowest BCUT2D eigenvalue weighted by Gasteiger charge is -2.38. The third-order valence-corrected chi connectivity index (χ3v) is 5.25. The van der Waals surface area contributed by atoms with Gasteiger partial charge in [-0.3, -0.25) is 4.79 Å². The van der Waals surface area contributed by atoms with Gasteiger partial charge in [0.25, 0.3) is 0 Å². The van der Waals surface area contributed by atoms with Crippen molar-refractivity contribution in [3.63, 3.8) is 0 Å². The van der Waals surface area contributed by atoms with Gasteiger partial charge >= 0.3 is 5.97 Å². The number of fused-ring (bicyclic) bond motifs is 2. The van der Waals surface area contributed by atoms with Crippen molar-refractivity contribution in [3.8, 4) is 0 Å². The molecule has 0 aromatic rings. The zero-order valence-corrected chi connectivity index (χ0v) is 11.7. The van der Waals surface area contributed by atoms with E-state index in [1.165, 1.54) is 19.3 Å². The van der Waals surface area contributed by atoms with Gasteiger partial charge < -0.3 is 4.74 Å². The maximum Gasteiger partial charge on any atom is 0.312 e. The van der Waals surface area contributed by atoms with Gasteiger partial charge in [-0.1, -0.05) is 13.8 Å². The van der Waals surface area contributed by atoms with E-state index in [0.29, 0.717) is 5.92 Å². The van der Waals surface area contributed by atoms with E-state index in [2.05, 4.69) is 13.8 Å². The van der Waals surface area contributed by atoms with Crippen LogP contribution in [0.3, 0.4) is 0 Å². The topological polar surface area (TPSA) is 26.3 Å². The highest BCUT2D eigenvalue weighted by molar-refractivity contribution is 5.76. The summed E-state index contributed by atoms with van der Waals surface area (Å²) in [5.41, 5.74) is -0.448. The van der Waals surface area contributed by atoms with Crippen LogP contribution < -0.4 is 0 Å². The molecule has 0 radical (unpaired) electrons. The van der Waals surface area contributed by atoms with E-state index in [1.54, 1.807) is 0 Å².